The Hall–Kier alpha value is -2.94. The standard InChI is InChI=1S/C18H24N6O3/c1-22(2)6-5-19-17(25)14-12-16(21-13-20-14)23-7-9-24(10-8-23)18(26)15-4-3-11-27-15/h3-4,11-13H,5-10H2,1-2H3,(H,19,25). The Morgan fingerprint density at radius 3 is 2.67 bits per heavy atom. The van der Waals surface area contributed by atoms with Gasteiger partial charge in [-0.15, -0.1) is 0 Å². The summed E-state index contributed by atoms with van der Waals surface area (Å²) >= 11 is 0. The molecule has 0 unspecified atom stereocenters. The van der Waals surface area contributed by atoms with Gasteiger partial charge in [-0.25, -0.2) is 9.97 Å². The van der Waals surface area contributed by atoms with Crippen LogP contribution in [0.2, 0.25) is 0 Å². The van der Waals surface area contributed by atoms with E-state index in [0.717, 1.165) is 6.54 Å². The van der Waals surface area contributed by atoms with E-state index in [4.69, 9.17) is 4.42 Å². The zero-order valence-electron chi connectivity index (χ0n) is 15.6. The summed E-state index contributed by atoms with van der Waals surface area (Å²) in [6.45, 7) is 3.70. The Bertz CT molecular complexity index is 769. The molecule has 0 aromatic carbocycles. The van der Waals surface area contributed by atoms with Gasteiger partial charge in [0.15, 0.2) is 5.76 Å². The number of amides is 2. The molecule has 0 atom stereocenters. The number of nitrogens with zero attached hydrogens (tertiary/aromatic N) is 5. The Labute approximate surface area is 158 Å². The van der Waals surface area contributed by atoms with Gasteiger partial charge < -0.3 is 24.4 Å². The fraction of sp³-hybridized carbons (Fsp3) is 0.444. The Balaban J connectivity index is 1.56. The average Bonchev–Trinajstić information content (AvgIpc) is 3.22. The van der Waals surface area contributed by atoms with E-state index in [9.17, 15) is 9.59 Å². The lowest BCUT2D eigenvalue weighted by Crippen LogP contribution is -2.49. The van der Waals surface area contributed by atoms with Gasteiger partial charge in [-0.2, -0.15) is 0 Å². The van der Waals surface area contributed by atoms with Crippen molar-refractivity contribution in [2.75, 3.05) is 58.3 Å². The number of likely N-dealkylation sites (N-methyl/N-ethyl adjacent to an activating group) is 1. The second kappa shape index (κ2) is 8.63. The van der Waals surface area contributed by atoms with Crippen LogP contribution in [-0.4, -0.2) is 84.9 Å². The molecular formula is C18H24N6O3. The molecule has 0 aliphatic carbocycles. The maximum atomic E-state index is 12.3. The second-order valence-corrected chi connectivity index (χ2v) is 6.58. The molecule has 0 saturated carbocycles. The minimum Gasteiger partial charge on any atom is -0.459 e. The van der Waals surface area contributed by atoms with Gasteiger partial charge in [0.05, 0.1) is 6.26 Å². The minimum atomic E-state index is -0.216. The zero-order valence-corrected chi connectivity index (χ0v) is 15.6. The lowest BCUT2D eigenvalue weighted by atomic mass is 10.2. The van der Waals surface area contributed by atoms with Crippen LogP contribution in [0.1, 0.15) is 21.0 Å². The molecule has 3 rings (SSSR count). The van der Waals surface area contributed by atoms with Gasteiger partial charge in [-0.3, -0.25) is 9.59 Å². The van der Waals surface area contributed by atoms with Crippen LogP contribution >= 0.6 is 0 Å². The molecule has 27 heavy (non-hydrogen) atoms. The van der Waals surface area contributed by atoms with E-state index in [-0.39, 0.29) is 11.8 Å². The number of rotatable bonds is 6. The van der Waals surface area contributed by atoms with E-state index < -0.39 is 0 Å². The fourth-order valence-corrected chi connectivity index (χ4v) is 2.82. The summed E-state index contributed by atoms with van der Waals surface area (Å²) < 4.78 is 5.18. The first-order valence-electron chi connectivity index (χ1n) is 8.87. The number of carbonyl (C=O) groups is 2. The number of carbonyl (C=O) groups excluding carboxylic acids is 2. The van der Waals surface area contributed by atoms with Crippen LogP contribution in [0.4, 0.5) is 5.82 Å². The van der Waals surface area contributed by atoms with Gasteiger partial charge in [0.25, 0.3) is 11.8 Å². The van der Waals surface area contributed by atoms with Crippen molar-refractivity contribution in [3.05, 3.63) is 42.2 Å². The lowest BCUT2D eigenvalue weighted by molar-refractivity contribution is 0.0714. The molecule has 1 fully saturated rings. The van der Waals surface area contributed by atoms with E-state index in [1.165, 1.54) is 12.6 Å². The number of aromatic nitrogens is 2. The molecule has 0 spiro atoms. The van der Waals surface area contributed by atoms with Crippen LogP contribution in [0.5, 0.6) is 0 Å². The number of anilines is 1. The maximum Gasteiger partial charge on any atom is 0.289 e. The summed E-state index contributed by atoms with van der Waals surface area (Å²) in [4.78, 5) is 38.7. The predicted octanol–water partition coefficient (Wildman–Crippen LogP) is 0.323. The molecule has 2 aromatic rings. The van der Waals surface area contributed by atoms with Crippen LogP contribution in [0.25, 0.3) is 0 Å². The van der Waals surface area contributed by atoms with E-state index in [1.807, 2.05) is 23.9 Å². The summed E-state index contributed by atoms with van der Waals surface area (Å²) in [5.41, 5.74) is 0.341. The van der Waals surface area contributed by atoms with Crippen molar-refractivity contribution < 1.29 is 14.0 Å². The molecule has 1 N–H and O–H groups in total. The monoisotopic (exact) mass is 372 g/mol. The van der Waals surface area contributed by atoms with Crippen molar-refractivity contribution in [2.24, 2.45) is 0 Å². The van der Waals surface area contributed by atoms with Crippen LogP contribution < -0.4 is 10.2 Å². The molecule has 9 heteroatoms. The topological polar surface area (TPSA) is 94.8 Å². The van der Waals surface area contributed by atoms with E-state index in [1.54, 1.807) is 23.1 Å². The summed E-state index contributed by atoms with van der Waals surface area (Å²) in [5, 5.41) is 2.85. The predicted molar refractivity (Wildman–Crippen MR) is 99.7 cm³/mol. The first-order valence-corrected chi connectivity index (χ1v) is 8.87. The molecular weight excluding hydrogens is 348 g/mol. The highest BCUT2D eigenvalue weighted by Crippen LogP contribution is 2.15. The van der Waals surface area contributed by atoms with Gasteiger partial charge in [-0.1, -0.05) is 0 Å². The molecule has 0 radical (unpaired) electrons. The average molecular weight is 372 g/mol. The highest BCUT2D eigenvalue weighted by Gasteiger charge is 2.24. The smallest absolute Gasteiger partial charge is 0.289 e. The van der Waals surface area contributed by atoms with Gasteiger partial charge >= 0.3 is 0 Å². The van der Waals surface area contributed by atoms with Gasteiger partial charge in [-0.05, 0) is 26.2 Å². The van der Waals surface area contributed by atoms with E-state index in [0.29, 0.717) is 50.0 Å². The quantitative estimate of drug-likeness (QED) is 0.780. The zero-order chi connectivity index (χ0) is 19.2. The first kappa shape index (κ1) is 18.8. The molecule has 1 aliphatic heterocycles. The molecule has 2 amide bonds. The third-order valence-corrected chi connectivity index (χ3v) is 4.35. The van der Waals surface area contributed by atoms with E-state index in [2.05, 4.69) is 15.3 Å². The number of piperazine rings is 1. The third kappa shape index (κ3) is 4.82. The van der Waals surface area contributed by atoms with Crippen LogP contribution in [0, 0.1) is 0 Å². The highest BCUT2D eigenvalue weighted by molar-refractivity contribution is 5.93. The molecule has 1 saturated heterocycles. The maximum absolute atomic E-state index is 12.3. The van der Waals surface area contributed by atoms with Crippen molar-refractivity contribution in [3.8, 4) is 0 Å². The molecule has 1 aliphatic rings. The lowest BCUT2D eigenvalue weighted by Gasteiger charge is -2.35. The van der Waals surface area contributed by atoms with Crippen molar-refractivity contribution in [3.63, 3.8) is 0 Å². The molecule has 2 aromatic heterocycles. The van der Waals surface area contributed by atoms with Crippen molar-refractivity contribution in [2.45, 2.75) is 0 Å². The number of nitrogens with one attached hydrogen (secondary N) is 1. The SMILES string of the molecule is CN(C)CCNC(=O)c1cc(N2CCN(C(=O)c3ccco3)CC2)ncn1. The first-order chi connectivity index (χ1) is 13.0. The highest BCUT2D eigenvalue weighted by atomic mass is 16.3. The fourth-order valence-electron chi connectivity index (χ4n) is 2.82. The second-order valence-electron chi connectivity index (χ2n) is 6.58. The van der Waals surface area contributed by atoms with Crippen LogP contribution in [0.15, 0.2) is 35.2 Å². The van der Waals surface area contributed by atoms with Crippen molar-refractivity contribution in [1.82, 2.24) is 25.1 Å². The summed E-state index contributed by atoms with van der Waals surface area (Å²) in [5.74, 6) is 0.713. The van der Waals surface area contributed by atoms with Gasteiger partial charge in [0, 0.05) is 45.3 Å². The molecule has 9 nitrogen and oxygen atoms in total. The largest absolute Gasteiger partial charge is 0.459 e. The van der Waals surface area contributed by atoms with Crippen molar-refractivity contribution in [1.29, 1.82) is 0 Å². The van der Waals surface area contributed by atoms with Crippen molar-refractivity contribution >= 4 is 17.6 Å². The Morgan fingerprint density at radius 2 is 2.00 bits per heavy atom. The Morgan fingerprint density at radius 1 is 1.22 bits per heavy atom. The van der Waals surface area contributed by atoms with Gasteiger partial charge in [0.1, 0.15) is 17.8 Å². The normalized spacial score (nSPS) is 14.5. The molecule has 144 valence electrons. The van der Waals surface area contributed by atoms with Crippen LogP contribution in [0.3, 0.4) is 0 Å². The van der Waals surface area contributed by atoms with E-state index >= 15 is 0 Å². The summed E-state index contributed by atoms with van der Waals surface area (Å²) in [6, 6.07) is 5.06. The van der Waals surface area contributed by atoms with Crippen LogP contribution in [-0.2, 0) is 0 Å². The third-order valence-electron chi connectivity index (χ3n) is 4.35. The van der Waals surface area contributed by atoms with Gasteiger partial charge in [0.2, 0.25) is 0 Å². The number of furan rings is 1. The summed E-state index contributed by atoms with van der Waals surface area (Å²) in [6.07, 6.45) is 2.89. The number of hydrogen-bond acceptors (Lipinski definition) is 7. The summed E-state index contributed by atoms with van der Waals surface area (Å²) in [7, 11) is 3.90. The molecule has 3 heterocycles. The minimum absolute atomic E-state index is 0.108. The number of hydrogen-bond donors (Lipinski definition) is 1. The Kier molecular flexibility index (Phi) is 6.02. The molecule has 0 bridgehead atoms.